The van der Waals surface area contributed by atoms with Gasteiger partial charge in [-0.25, -0.2) is 4.98 Å². The van der Waals surface area contributed by atoms with Crippen LogP contribution in [0.5, 0.6) is 0 Å². The molecule has 3 heteroatoms. The van der Waals surface area contributed by atoms with Gasteiger partial charge in [-0.3, -0.25) is 0 Å². The van der Waals surface area contributed by atoms with Crippen LogP contribution in [0, 0.1) is 5.92 Å². The van der Waals surface area contributed by atoms with Crippen LogP contribution < -0.4 is 4.90 Å². The van der Waals surface area contributed by atoms with E-state index >= 15 is 0 Å². The van der Waals surface area contributed by atoms with Crippen molar-refractivity contribution in [2.75, 3.05) is 11.4 Å². The lowest BCUT2D eigenvalue weighted by molar-refractivity contribution is 0.568. The highest BCUT2D eigenvalue weighted by Gasteiger charge is 2.31. The van der Waals surface area contributed by atoms with E-state index in [0.717, 1.165) is 23.4 Å². The molecule has 0 unspecified atom stereocenters. The van der Waals surface area contributed by atoms with Crippen molar-refractivity contribution >= 4 is 28.3 Å². The highest BCUT2D eigenvalue weighted by molar-refractivity contribution is 6.17. The minimum atomic E-state index is 0.526. The number of aromatic nitrogens is 1. The van der Waals surface area contributed by atoms with Gasteiger partial charge < -0.3 is 4.90 Å². The number of para-hydroxylation sites is 1. The van der Waals surface area contributed by atoms with E-state index in [1.807, 2.05) is 0 Å². The Labute approximate surface area is 132 Å². The maximum Gasteiger partial charge on any atom is 0.133 e. The van der Waals surface area contributed by atoms with Gasteiger partial charge in [-0.05, 0) is 37.3 Å². The van der Waals surface area contributed by atoms with Crippen molar-refractivity contribution in [1.29, 1.82) is 0 Å². The Kier molecular flexibility index (Phi) is 4.34. The predicted octanol–water partition coefficient (Wildman–Crippen LogP) is 4.99. The van der Waals surface area contributed by atoms with Gasteiger partial charge in [-0.15, -0.1) is 11.6 Å². The number of hydrogen-bond donors (Lipinski definition) is 0. The van der Waals surface area contributed by atoms with E-state index in [2.05, 4.69) is 49.1 Å². The smallest absolute Gasteiger partial charge is 0.133 e. The zero-order chi connectivity index (χ0) is 14.8. The van der Waals surface area contributed by atoms with Crippen molar-refractivity contribution in [2.24, 2.45) is 5.92 Å². The van der Waals surface area contributed by atoms with Crippen LogP contribution in [0.25, 0.3) is 10.9 Å². The molecule has 1 heterocycles. The molecule has 0 radical (unpaired) electrons. The van der Waals surface area contributed by atoms with Crippen molar-refractivity contribution in [3.05, 3.63) is 35.9 Å². The summed E-state index contributed by atoms with van der Waals surface area (Å²) in [5.41, 5.74) is 2.22. The van der Waals surface area contributed by atoms with E-state index in [0.29, 0.717) is 17.8 Å². The Morgan fingerprint density at radius 2 is 2.05 bits per heavy atom. The quantitative estimate of drug-likeness (QED) is 0.699. The van der Waals surface area contributed by atoms with Gasteiger partial charge in [0.2, 0.25) is 0 Å². The van der Waals surface area contributed by atoms with Crippen LogP contribution in [0.3, 0.4) is 0 Å². The van der Waals surface area contributed by atoms with E-state index in [9.17, 15) is 0 Å². The fourth-order valence-electron chi connectivity index (χ4n) is 2.74. The Balaban J connectivity index is 1.98. The number of anilines is 1. The monoisotopic (exact) mass is 302 g/mol. The molecule has 0 amide bonds. The third kappa shape index (κ3) is 3.32. The molecule has 0 atom stereocenters. The standard InChI is InChI=1S/C18H23ClN2/c1-13(2)9-10-21(16-7-8-16)18-15(12-19)11-14-5-3-4-6-17(14)20-18/h3-6,11,13,16H,7-10,12H2,1-2H3. The molecule has 2 aromatic rings. The minimum Gasteiger partial charge on any atom is -0.353 e. The number of hydrogen-bond acceptors (Lipinski definition) is 2. The fourth-order valence-corrected chi connectivity index (χ4v) is 2.94. The normalized spacial score (nSPS) is 14.9. The molecular weight excluding hydrogens is 280 g/mol. The van der Waals surface area contributed by atoms with Crippen molar-refractivity contribution < 1.29 is 0 Å². The van der Waals surface area contributed by atoms with Crippen LogP contribution in [0.4, 0.5) is 5.82 Å². The third-order valence-corrected chi connectivity index (χ3v) is 4.42. The van der Waals surface area contributed by atoms with Gasteiger partial charge in [-0.1, -0.05) is 32.0 Å². The fraction of sp³-hybridized carbons (Fsp3) is 0.500. The Hall–Kier alpha value is -1.28. The molecule has 0 saturated heterocycles. The second kappa shape index (κ2) is 6.23. The molecule has 2 nitrogen and oxygen atoms in total. The van der Waals surface area contributed by atoms with Gasteiger partial charge in [0.25, 0.3) is 0 Å². The first kappa shape index (κ1) is 14.6. The maximum atomic E-state index is 6.20. The molecule has 1 saturated carbocycles. The summed E-state index contributed by atoms with van der Waals surface area (Å²) in [4.78, 5) is 7.42. The summed E-state index contributed by atoms with van der Waals surface area (Å²) in [6.07, 6.45) is 3.77. The highest BCUT2D eigenvalue weighted by atomic mass is 35.5. The predicted molar refractivity (Wildman–Crippen MR) is 91.1 cm³/mol. The molecule has 0 spiro atoms. The summed E-state index contributed by atoms with van der Waals surface area (Å²) in [6.45, 7) is 5.64. The van der Waals surface area contributed by atoms with E-state index in [-0.39, 0.29) is 0 Å². The first-order valence-electron chi connectivity index (χ1n) is 7.90. The van der Waals surface area contributed by atoms with Crippen molar-refractivity contribution in [1.82, 2.24) is 4.98 Å². The average molecular weight is 303 g/mol. The van der Waals surface area contributed by atoms with Crippen LogP contribution in [-0.2, 0) is 5.88 Å². The van der Waals surface area contributed by atoms with Gasteiger partial charge in [-0.2, -0.15) is 0 Å². The van der Waals surface area contributed by atoms with Crippen LogP contribution in [-0.4, -0.2) is 17.6 Å². The number of alkyl halides is 1. The number of nitrogens with zero attached hydrogens (tertiary/aromatic N) is 2. The van der Waals surface area contributed by atoms with Gasteiger partial charge >= 0.3 is 0 Å². The molecule has 0 bridgehead atoms. The molecule has 3 rings (SSSR count). The van der Waals surface area contributed by atoms with Crippen LogP contribution in [0.15, 0.2) is 30.3 Å². The minimum absolute atomic E-state index is 0.526. The van der Waals surface area contributed by atoms with Crippen molar-refractivity contribution in [3.8, 4) is 0 Å². The lowest BCUT2D eigenvalue weighted by Gasteiger charge is -2.26. The SMILES string of the molecule is CC(C)CCN(c1nc2ccccc2cc1CCl)C1CC1. The van der Waals surface area contributed by atoms with Gasteiger partial charge in [0.15, 0.2) is 0 Å². The number of benzene rings is 1. The summed E-state index contributed by atoms with van der Waals surface area (Å²) >= 11 is 6.20. The highest BCUT2D eigenvalue weighted by Crippen LogP contribution is 2.34. The zero-order valence-corrected chi connectivity index (χ0v) is 13.6. The molecular formula is C18H23ClN2. The van der Waals surface area contributed by atoms with E-state index < -0.39 is 0 Å². The molecule has 1 aliphatic rings. The van der Waals surface area contributed by atoms with Gasteiger partial charge in [0, 0.05) is 23.5 Å². The number of halogens is 1. The van der Waals surface area contributed by atoms with Crippen molar-refractivity contribution in [3.63, 3.8) is 0 Å². The summed E-state index contributed by atoms with van der Waals surface area (Å²) in [5.74, 6) is 2.34. The Bertz CT molecular complexity index is 620. The molecule has 1 aromatic heterocycles. The number of rotatable bonds is 6. The van der Waals surface area contributed by atoms with Gasteiger partial charge in [0.05, 0.1) is 11.4 Å². The lowest BCUT2D eigenvalue weighted by atomic mass is 10.1. The van der Waals surface area contributed by atoms with Crippen LogP contribution in [0.1, 0.15) is 38.7 Å². The topological polar surface area (TPSA) is 16.1 Å². The van der Waals surface area contributed by atoms with E-state index in [4.69, 9.17) is 16.6 Å². The number of fused-ring (bicyclic) bond motifs is 1. The second-order valence-electron chi connectivity index (χ2n) is 6.40. The average Bonchev–Trinajstić information content (AvgIpc) is 3.31. The first-order chi connectivity index (χ1) is 10.2. The Morgan fingerprint density at radius 3 is 2.71 bits per heavy atom. The van der Waals surface area contributed by atoms with Gasteiger partial charge in [0.1, 0.15) is 5.82 Å². The molecule has 21 heavy (non-hydrogen) atoms. The third-order valence-electron chi connectivity index (χ3n) is 4.13. The molecule has 1 aliphatic carbocycles. The summed E-state index contributed by atoms with van der Waals surface area (Å²) in [5, 5.41) is 1.18. The second-order valence-corrected chi connectivity index (χ2v) is 6.67. The zero-order valence-electron chi connectivity index (χ0n) is 12.8. The van der Waals surface area contributed by atoms with Crippen molar-refractivity contribution in [2.45, 2.75) is 45.0 Å². The molecule has 1 aromatic carbocycles. The summed E-state index contributed by atoms with van der Waals surface area (Å²) in [6, 6.07) is 11.2. The van der Waals surface area contributed by atoms with Crippen LogP contribution in [0.2, 0.25) is 0 Å². The largest absolute Gasteiger partial charge is 0.353 e. The summed E-state index contributed by atoms with van der Waals surface area (Å²) in [7, 11) is 0. The molecule has 1 fully saturated rings. The van der Waals surface area contributed by atoms with E-state index in [1.54, 1.807) is 0 Å². The first-order valence-corrected chi connectivity index (χ1v) is 8.43. The molecule has 0 N–H and O–H groups in total. The maximum absolute atomic E-state index is 6.20. The Morgan fingerprint density at radius 1 is 1.29 bits per heavy atom. The van der Waals surface area contributed by atoms with Crippen LogP contribution >= 0.6 is 11.6 Å². The van der Waals surface area contributed by atoms with E-state index in [1.165, 1.54) is 24.6 Å². The molecule has 0 aliphatic heterocycles. The summed E-state index contributed by atoms with van der Waals surface area (Å²) < 4.78 is 0. The number of pyridine rings is 1. The molecule has 112 valence electrons. The lowest BCUT2D eigenvalue weighted by Crippen LogP contribution is -2.29.